The molecule has 0 aromatic heterocycles. The van der Waals surface area contributed by atoms with Gasteiger partial charge in [-0.05, 0) is 55.8 Å². The van der Waals surface area contributed by atoms with Crippen LogP contribution >= 0.6 is 11.6 Å². The summed E-state index contributed by atoms with van der Waals surface area (Å²) in [6.45, 7) is 5.86. The molecule has 2 aromatic rings. The minimum Gasteiger partial charge on any atom is -0.755 e. The summed E-state index contributed by atoms with van der Waals surface area (Å²) in [5.74, 6) is -0.534. The molecule has 29 heavy (non-hydrogen) atoms. The summed E-state index contributed by atoms with van der Waals surface area (Å²) in [4.78, 5) is 16.9. The van der Waals surface area contributed by atoms with Crippen LogP contribution in [0.25, 0.3) is 0 Å². The Bertz CT molecular complexity index is 912. The lowest BCUT2D eigenvalue weighted by molar-refractivity contribution is 0.0406. The lowest BCUT2D eigenvalue weighted by Gasteiger charge is -2.42. The highest BCUT2D eigenvalue weighted by molar-refractivity contribution is 7.80. The molecule has 1 amide bonds. The maximum Gasteiger partial charge on any atom is 0.254 e. The van der Waals surface area contributed by atoms with E-state index >= 15 is 0 Å². The monoisotopic (exact) mass is 438 g/mol. The van der Waals surface area contributed by atoms with Gasteiger partial charge in [-0.1, -0.05) is 17.7 Å². The molecule has 1 heterocycles. The maximum atomic E-state index is 13.8. The normalized spacial score (nSPS) is 19.6. The lowest BCUT2D eigenvalue weighted by Crippen LogP contribution is -2.54. The summed E-state index contributed by atoms with van der Waals surface area (Å²) >= 11 is 3.37. The third-order valence-electron chi connectivity index (χ3n) is 5.23. The molecule has 1 saturated heterocycles. The summed E-state index contributed by atoms with van der Waals surface area (Å²) in [6.07, 6.45) is 0. The Balaban J connectivity index is 1.65. The van der Waals surface area contributed by atoms with E-state index in [2.05, 4.69) is 9.62 Å². The minimum atomic E-state index is -2.40. The highest BCUT2D eigenvalue weighted by Crippen LogP contribution is 2.27. The van der Waals surface area contributed by atoms with Crippen molar-refractivity contribution < 1.29 is 17.9 Å². The Kier molecular flexibility index (Phi) is 6.89. The fourth-order valence-corrected chi connectivity index (χ4v) is 4.01. The standard InChI is InChI=1S/C20H23ClFN3O3S/c1-13-12-24(14(2)16-5-8-18(21)19(22)11-16)9-10-25(13)20(26)15-3-6-17(7-4-15)23-29(27)28/h3-8,11,13-14,23H,9-10,12H2,1-2H3,(H,27,28)/p-1. The van der Waals surface area contributed by atoms with Crippen molar-refractivity contribution in [3.05, 3.63) is 64.4 Å². The third kappa shape index (κ3) is 5.14. The molecule has 6 nitrogen and oxygen atoms in total. The number of piperazine rings is 1. The number of nitrogens with zero attached hydrogens (tertiary/aromatic N) is 2. The van der Waals surface area contributed by atoms with Gasteiger partial charge >= 0.3 is 0 Å². The van der Waals surface area contributed by atoms with Gasteiger partial charge in [0.25, 0.3) is 5.91 Å². The molecule has 156 valence electrons. The second-order valence-corrected chi connectivity index (χ2v) is 8.19. The summed E-state index contributed by atoms with van der Waals surface area (Å²) < 4.78 is 37.4. The predicted octanol–water partition coefficient (Wildman–Crippen LogP) is 3.59. The van der Waals surface area contributed by atoms with Gasteiger partial charge in [-0.2, -0.15) is 0 Å². The zero-order valence-corrected chi connectivity index (χ0v) is 17.7. The van der Waals surface area contributed by atoms with Crippen molar-refractivity contribution in [2.24, 2.45) is 0 Å². The first-order chi connectivity index (χ1) is 13.8. The molecule has 0 bridgehead atoms. The van der Waals surface area contributed by atoms with E-state index in [1.807, 2.05) is 19.9 Å². The molecule has 0 aliphatic carbocycles. The van der Waals surface area contributed by atoms with Gasteiger partial charge < -0.3 is 14.2 Å². The summed E-state index contributed by atoms with van der Waals surface area (Å²) in [7, 11) is 0. The number of amides is 1. The largest absolute Gasteiger partial charge is 0.755 e. The van der Waals surface area contributed by atoms with E-state index in [0.29, 0.717) is 30.9 Å². The molecule has 3 atom stereocenters. The molecule has 9 heteroatoms. The van der Waals surface area contributed by atoms with Gasteiger partial charge in [-0.3, -0.25) is 13.9 Å². The van der Waals surface area contributed by atoms with Crippen molar-refractivity contribution in [3.63, 3.8) is 0 Å². The molecule has 1 aliphatic rings. The third-order valence-corrected chi connectivity index (χ3v) is 5.94. The van der Waals surface area contributed by atoms with Gasteiger partial charge in [0.15, 0.2) is 0 Å². The topological polar surface area (TPSA) is 75.7 Å². The first-order valence-corrected chi connectivity index (χ1v) is 10.7. The van der Waals surface area contributed by atoms with Crippen LogP contribution in [0.2, 0.25) is 5.02 Å². The smallest absolute Gasteiger partial charge is 0.254 e. The number of rotatable bonds is 5. The average molecular weight is 439 g/mol. The lowest BCUT2D eigenvalue weighted by atomic mass is 10.0. The van der Waals surface area contributed by atoms with Crippen LogP contribution in [0.4, 0.5) is 10.1 Å². The highest BCUT2D eigenvalue weighted by Gasteiger charge is 2.30. The van der Waals surface area contributed by atoms with Gasteiger partial charge in [0, 0.05) is 54.2 Å². The number of nitrogens with one attached hydrogen (secondary N) is 1. The van der Waals surface area contributed by atoms with Crippen molar-refractivity contribution in [1.29, 1.82) is 0 Å². The minimum absolute atomic E-state index is 0.000196. The fraction of sp³-hybridized carbons (Fsp3) is 0.350. The molecule has 3 unspecified atom stereocenters. The zero-order valence-electron chi connectivity index (χ0n) is 16.1. The Labute approximate surface area is 177 Å². The number of anilines is 1. The van der Waals surface area contributed by atoms with Crippen LogP contribution in [0.1, 0.15) is 35.8 Å². The first-order valence-electron chi connectivity index (χ1n) is 9.22. The van der Waals surface area contributed by atoms with Crippen molar-refractivity contribution >= 4 is 34.5 Å². The van der Waals surface area contributed by atoms with Crippen molar-refractivity contribution in [2.75, 3.05) is 24.4 Å². The Morgan fingerprint density at radius 3 is 2.55 bits per heavy atom. The van der Waals surface area contributed by atoms with Crippen LogP contribution in [0.15, 0.2) is 42.5 Å². The van der Waals surface area contributed by atoms with Crippen LogP contribution in [0.5, 0.6) is 0 Å². The number of carbonyl (C=O) groups is 1. The maximum absolute atomic E-state index is 13.8. The van der Waals surface area contributed by atoms with E-state index in [0.717, 1.165) is 5.56 Å². The van der Waals surface area contributed by atoms with Crippen LogP contribution in [0.3, 0.4) is 0 Å². The number of hydrogen-bond acceptors (Lipinski definition) is 4. The van der Waals surface area contributed by atoms with Crippen LogP contribution in [-0.2, 0) is 11.3 Å². The molecule has 0 spiro atoms. The van der Waals surface area contributed by atoms with Gasteiger partial charge in [0.1, 0.15) is 5.82 Å². The van der Waals surface area contributed by atoms with Gasteiger partial charge in [-0.25, -0.2) is 4.39 Å². The Hall–Kier alpha value is -2.00. The Morgan fingerprint density at radius 2 is 1.97 bits per heavy atom. The SMILES string of the molecule is CC(c1ccc(Cl)c(F)c1)N1CCN(C(=O)c2ccc(NS(=O)[O-])cc2)C(C)C1. The number of halogens is 2. The fourth-order valence-electron chi connectivity index (χ4n) is 3.57. The van der Waals surface area contributed by atoms with E-state index < -0.39 is 17.1 Å². The van der Waals surface area contributed by atoms with E-state index in [1.165, 1.54) is 6.07 Å². The number of hydrogen-bond donors (Lipinski definition) is 1. The second-order valence-electron chi connectivity index (χ2n) is 7.11. The molecule has 3 rings (SSSR count). The quantitative estimate of drug-likeness (QED) is 0.724. The van der Waals surface area contributed by atoms with E-state index in [9.17, 15) is 17.9 Å². The molecule has 0 radical (unpaired) electrons. The summed E-state index contributed by atoms with van der Waals surface area (Å²) in [5, 5.41) is 0.104. The van der Waals surface area contributed by atoms with Gasteiger partial charge in [0.05, 0.1) is 5.02 Å². The number of carbonyl (C=O) groups excluding carboxylic acids is 1. The zero-order chi connectivity index (χ0) is 21.1. The molecular weight excluding hydrogens is 417 g/mol. The molecule has 1 N–H and O–H groups in total. The molecule has 0 saturated carbocycles. The average Bonchev–Trinajstić information content (AvgIpc) is 2.69. The highest BCUT2D eigenvalue weighted by atomic mass is 35.5. The molecule has 2 aromatic carbocycles. The molecular formula is C20H22ClFN3O3S-. The summed E-state index contributed by atoms with van der Waals surface area (Å²) in [5.41, 5.74) is 1.75. The van der Waals surface area contributed by atoms with E-state index in [-0.39, 0.29) is 23.0 Å². The van der Waals surface area contributed by atoms with Crippen molar-refractivity contribution in [3.8, 4) is 0 Å². The first kappa shape index (κ1) is 21.7. The van der Waals surface area contributed by atoms with Crippen LogP contribution in [0, 0.1) is 5.82 Å². The summed E-state index contributed by atoms with van der Waals surface area (Å²) in [6, 6.07) is 11.1. The van der Waals surface area contributed by atoms with E-state index in [4.69, 9.17) is 11.6 Å². The van der Waals surface area contributed by atoms with Crippen molar-refractivity contribution in [1.82, 2.24) is 9.80 Å². The predicted molar refractivity (Wildman–Crippen MR) is 111 cm³/mol. The number of benzene rings is 2. The van der Waals surface area contributed by atoms with Crippen molar-refractivity contribution in [2.45, 2.75) is 25.9 Å². The van der Waals surface area contributed by atoms with Crippen LogP contribution in [-0.4, -0.2) is 50.1 Å². The van der Waals surface area contributed by atoms with Crippen LogP contribution < -0.4 is 4.72 Å². The van der Waals surface area contributed by atoms with Gasteiger partial charge in [-0.15, -0.1) is 0 Å². The van der Waals surface area contributed by atoms with E-state index in [1.54, 1.807) is 35.2 Å². The Morgan fingerprint density at radius 1 is 1.28 bits per heavy atom. The molecule has 1 aliphatic heterocycles. The molecule has 1 fully saturated rings. The van der Waals surface area contributed by atoms with Gasteiger partial charge in [0.2, 0.25) is 0 Å². The second kappa shape index (κ2) is 9.21.